The largest absolute Gasteiger partial charge is 0.342 e. The van der Waals surface area contributed by atoms with E-state index in [-0.39, 0.29) is 5.41 Å². The van der Waals surface area contributed by atoms with Crippen molar-refractivity contribution in [2.45, 2.75) is 44.9 Å². The van der Waals surface area contributed by atoms with E-state index in [1.54, 1.807) is 0 Å². The SMILES string of the molecule is CC(C)Cc1nc2ccc(C3(CN)CCC3)cc2[nH]1. The van der Waals surface area contributed by atoms with Gasteiger partial charge in [-0.05, 0) is 36.5 Å². The molecule has 3 rings (SSSR count). The quantitative estimate of drug-likeness (QED) is 0.884. The summed E-state index contributed by atoms with van der Waals surface area (Å²) in [5.41, 5.74) is 9.84. The first-order chi connectivity index (χ1) is 9.13. The van der Waals surface area contributed by atoms with Gasteiger partial charge in [-0.3, -0.25) is 0 Å². The summed E-state index contributed by atoms with van der Waals surface area (Å²) in [6, 6.07) is 6.62. The van der Waals surface area contributed by atoms with E-state index in [0.29, 0.717) is 5.92 Å². The third-order valence-electron chi connectivity index (χ3n) is 4.45. The summed E-state index contributed by atoms with van der Waals surface area (Å²) in [4.78, 5) is 8.12. The Balaban J connectivity index is 1.96. The second-order valence-electron chi connectivity index (χ2n) is 6.35. The molecule has 0 amide bonds. The highest BCUT2D eigenvalue weighted by Crippen LogP contribution is 2.43. The third kappa shape index (κ3) is 2.16. The number of rotatable bonds is 4. The number of imidazole rings is 1. The average Bonchev–Trinajstić information content (AvgIpc) is 2.68. The number of nitrogens with two attached hydrogens (primary N) is 1. The molecule has 0 spiro atoms. The van der Waals surface area contributed by atoms with Crippen LogP contribution in [0.25, 0.3) is 11.0 Å². The van der Waals surface area contributed by atoms with E-state index in [4.69, 9.17) is 5.73 Å². The first kappa shape index (κ1) is 12.7. The van der Waals surface area contributed by atoms with E-state index in [2.05, 4.69) is 42.0 Å². The highest BCUT2D eigenvalue weighted by atomic mass is 14.9. The maximum absolute atomic E-state index is 5.99. The molecule has 1 heterocycles. The van der Waals surface area contributed by atoms with E-state index >= 15 is 0 Å². The van der Waals surface area contributed by atoms with Gasteiger partial charge in [0.25, 0.3) is 0 Å². The van der Waals surface area contributed by atoms with E-state index in [1.807, 2.05) is 0 Å². The number of H-pyrrole nitrogens is 1. The monoisotopic (exact) mass is 257 g/mol. The minimum absolute atomic E-state index is 0.234. The molecule has 0 bridgehead atoms. The van der Waals surface area contributed by atoms with Crippen LogP contribution in [0.15, 0.2) is 18.2 Å². The van der Waals surface area contributed by atoms with Gasteiger partial charge in [0.05, 0.1) is 11.0 Å². The van der Waals surface area contributed by atoms with Crippen LogP contribution in [-0.4, -0.2) is 16.5 Å². The summed E-state index contributed by atoms with van der Waals surface area (Å²) in [5, 5.41) is 0. The first-order valence-corrected chi connectivity index (χ1v) is 7.32. The van der Waals surface area contributed by atoms with E-state index < -0.39 is 0 Å². The zero-order valence-electron chi connectivity index (χ0n) is 11.9. The molecule has 0 unspecified atom stereocenters. The zero-order chi connectivity index (χ0) is 13.5. The van der Waals surface area contributed by atoms with E-state index in [1.165, 1.54) is 24.8 Å². The maximum atomic E-state index is 5.99. The molecule has 2 aromatic rings. The molecule has 0 aliphatic heterocycles. The Morgan fingerprint density at radius 2 is 2.16 bits per heavy atom. The van der Waals surface area contributed by atoms with Gasteiger partial charge in [-0.1, -0.05) is 26.3 Å². The van der Waals surface area contributed by atoms with Crippen LogP contribution in [0.5, 0.6) is 0 Å². The molecule has 1 aliphatic carbocycles. The van der Waals surface area contributed by atoms with Crippen LogP contribution < -0.4 is 5.73 Å². The smallest absolute Gasteiger partial charge is 0.107 e. The van der Waals surface area contributed by atoms with E-state index in [9.17, 15) is 0 Å². The molecular weight excluding hydrogens is 234 g/mol. The average molecular weight is 257 g/mol. The van der Waals surface area contributed by atoms with Crippen molar-refractivity contribution in [3.8, 4) is 0 Å². The molecular formula is C16H23N3. The summed E-state index contributed by atoms with van der Waals surface area (Å²) in [7, 11) is 0. The van der Waals surface area contributed by atoms with Crippen LogP contribution >= 0.6 is 0 Å². The minimum atomic E-state index is 0.234. The molecule has 1 aromatic carbocycles. The normalized spacial score (nSPS) is 17.9. The van der Waals surface area contributed by atoms with Crippen LogP contribution in [0, 0.1) is 5.92 Å². The van der Waals surface area contributed by atoms with Crippen LogP contribution in [0.1, 0.15) is 44.5 Å². The van der Waals surface area contributed by atoms with Gasteiger partial charge >= 0.3 is 0 Å². The Kier molecular flexibility index (Phi) is 3.09. The first-order valence-electron chi connectivity index (χ1n) is 7.32. The number of hydrogen-bond donors (Lipinski definition) is 2. The van der Waals surface area contributed by atoms with Gasteiger partial charge in [-0.2, -0.15) is 0 Å². The van der Waals surface area contributed by atoms with Gasteiger partial charge in [0.1, 0.15) is 5.82 Å². The van der Waals surface area contributed by atoms with Crippen LogP contribution in [-0.2, 0) is 11.8 Å². The van der Waals surface area contributed by atoms with Crippen molar-refractivity contribution in [2.24, 2.45) is 11.7 Å². The maximum Gasteiger partial charge on any atom is 0.107 e. The van der Waals surface area contributed by atoms with Gasteiger partial charge in [0.15, 0.2) is 0 Å². The number of nitrogens with one attached hydrogen (secondary N) is 1. The molecule has 3 heteroatoms. The Bertz CT molecular complexity index is 573. The summed E-state index contributed by atoms with van der Waals surface area (Å²) in [5.74, 6) is 1.72. The van der Waals surface area contributed by atoms with Gasteiger partial charge in [-0.25, -0.2) is 4.98 Å². The Morgan fingerprint density at radius 3 is 2.74 bits per heavy atom. The number of benzene rings is 1. The standard InChI is InChI=1S/C16H23N3/c1-11(2)8-15-18-13-5-4-12(9-14(13)19-15)16(10-17)6-3-7-16/h4-5,9,11H,3,6-8,10,17H2,1-2H3,(H,18,19). The lowest BCUT2D eigenvalue weighted by molar-refractivity contribution is 0.253. The predicted octanol–water partition coefficient (Wildman–Crippen LogP) is 3.14. The fourth-order valence-electron chi connectivity index (χ4n) is 3.09. The lowest BCUT2D eigenvalue weighted by Gasteiger charge is -2.41. The van der Waals surface area contributed by atoms with Crippen molar-refractivity contribution in [3.05, 3.63) is 29.6 Å². The molecule has 0 radical (unpaired) electrons. The van der Waals surface area contributed by atoms with Crippen molar-refractivity contribution in [3.63, 3.8) is 0 Å². The van der Waals surface area contributed by atoms with Crippen molar-refractivity contribution in [2.75, 3.05) is 6.54 Å². The van der Waals surface area contributed by atoms with Crippen LogP contribution in [0.4, 0.5) is 0 Å². The van der Waals surface area contributed by atoms with Gasteiger partial charge < -0.3 is 10.7 Å². The molecule has 0 saturated heterocycles. The van der Waals surface area contributed by atoms with Gasteiger partial charge in [0, 0.05) is 18.4 Å². The number of aromatic amines is 1. The molecule has 1 saturated carbocycles. The number of aromatic nitrogens is 2. The van der Waals surface area contributed by atoms with E-state index in [0.717, 1.165) is 29.8 Å². The van der Waals surface area contributed by atoms with Gasteiger partial charge in [0.2, 0.25) is 0 Å². The lowest BCUT2D eigenvalue weighted by Crippen LogP contribution is -2.41. The topological polar surface area (TPSA) is 54.7 Å². The number of nitrogens with zero attached hydrogens (tertiary/aromatic N) is 1. The summed E-state index contributed by atoms with van der Waals surface area (Å²) >= 11 is 0. The van der Waals surface area contributed by atoms with Crippen molar-refractivity contribution < 1.29 is 0 Å². The fourth-order valence-corrected chi connectivity index (χ4v) is 3.09. The molecule has 19 heavy (non-hydrogen) atoms. The third-order valence-corrected chi connectivity index (χ3v) is 4.45. The van der Waals surface area contributed by atoms with Crippen LogP contribution in [0.3, 0.4) is 0 Å². The van der Waals surface area contributed by atoms with Crippen molar-refractivity contribution in [1.82, 2.24) is 9.97 Å². The summed E-state index contributed by atoms with van der Waals surface area (Å²) in [6.45, 7) is 5.19. The van der Waals surface area contributed by atoms with Gasteiger partial charge in [-0.15, -0.1) is 0 Å². The molecule has 3 N–H and O–H groups in total. The Hall–Kier alpha value is -1.35. The molecule has 1 aliphatic rings. The lowest BCUT2D eigenvalue weighted by atomic mass is 9.64. The highest BCUT2D eigenvalue weighted by Gasteiger charge is 2.37. The Morgan fingerprint density at radius 1 is 1.37 bits per heavy atom. The number of fused-ring (bicyclic) bond motifs is 1. The summed E-state index contributed by atoms with van der Waals surface area (Å²) < 4.78 is 0. The zero-order valence-corrected chi connectivity index (χ0v) is 11.9. The second-order valence-corrected chi connectivity index (χ2v) is 6.35. The predicted molar refractivity (Wildman–Crippen MR) is 79.2 cm³/mol. The van der Waals surface area contributed by atoms with Crippen molar-refractivity contribution in [1.29, 1.82) is 0 Å². The molecule has 1 fully saturated rings. The minimum Gasteiger partial charge on any atom is -0.342 e. The van der Waals surface area contributed by atoms with Crippen LogP contribution in [0.2, 0.25) is 0 Å². The Labute approximate surface area is 114 Å². The number of hydrogen-bond acceptors (Lipinski definition) is 2. The second kappa shape index (κ2) is 4.64. The molecule has 102 valence electrons. The summed E-state index contributed by atoms with van der Waals surface area (Å²) in [6.07, 6.45) is 4.76. The molecule has 1 aromatic heterocycles. The molecule has 0 atom stereocenters. The highest BCUT2D eigenvalue weighted by molar-refractivity contribution is 5.76. The molecule has 3 nitrogen and oxygen atoms in total. The van der Waals surface area contributed by atoms with Crippen molar-refractivity contribution >= 4 is 11.0 Å². The fraction of sp³-hybridized carbons (Fsp3) is 0.562.